The molecule has 0 aliphatic carbocycles. The van der Waals surface area contributed by atoms with Gasteiger partial charge in [-0.3, -0.25) is 0 Å². The van der Waals surface area contributed by atoms with Gasteiger partial charge < -0.3 is 23.8 Å². The largest absolute Gasteiger partial charge is 0.463 e. The summed E-state index contributed by atoms with van der Waals surface area (Å²) in [5.74, 6) is -3.19. The van der Waals surface area contributed by atoms with E-state index in [0.717, 1.165) is 40.3 Å². The summed E-state index contributed by atoms with van der Waals surface area (Å²) in [5.41, 5.74) is 2.43. The average Bonchev–Trinajstić information content (AvgIpc) is 3.32. The number of rotatable bonds is 8. The van der Waals surface area contributed by atoms with Gasteiger partial charge in [0.25, 0.3) is 0 Å². The number of aryl methyl sites for hydroxylation is 1. The molecule has 1 spiro atoms. The summed E-state index contributed by atoms with van der Waals surface area (Å²) in [6.45, 7) is 13.3. The van der Waals surface area contributed by atoms with Gasteiger partial charge in [-0.25, -0.2) is 19.2 Å². The number of hydrogen-bond acceptors (Lipinski definition) is 12. The number of fused-ring (bicyclic) bond motifs is 4. The minimum atomic E-state index is -1.35. The number of ether oxygens (including phenoxy) is 4. The van der Waals surface area contributed by atoms with E-state index in [9.17, 15) is 19.2 Å². The molecule has 1 aromatic rings. The van der Waals surface area contributed by atoms with Crippen molar-refractivity contribution in [2.75, 3.05) is 38.4 Å². The highest BCUT2D eigenvalue weighted by Gasteiger charge is 2.66. The summed E-state index contributed by atoms with van der Waals surface area (Å²) in [6, 6.07) is 6.15. The number of esters is 4. The predicted molar refractivity (Wildman–Crippen MR) is 166 cm³/mol. The molecule has 4 rings (SSSR count). The number of anilines is 1. The van der Waals surface area contributed by atoms with E-state index in [1.54, 1.807) is 27.7 Å². The lowest BCUT2D eigenvalue weighted by Crippen LogP contribution is -2.60. The maximum Gasteiger partial charge on any atom is 0.346 e. The van der Waals surface area contributed by atoms with Gasteiger partial charge in [0.05, 0.1) is 32.0 Å². The molecule has 1 aromatic carbocycles. The summed E-state index contributed by atoms with van der Waals surface area (Å²) < 4.78 is 20.5. The fourth-order valence-corrected chi connectivity index (χ4v) is 11.0. The van der Waals surface area contributed by atoms with Crippen molar-refractivity contribution in [2.45, 2.75) is 69.3 Å². The Morgan fingerprint density at radius 2 is 1.26 bits per heavy atom. The highest BCUT2D eigenvalue weighted by atomic mass is 32.2. The Balaban J connectivity index is 2.11. The monoisotopic (exact) mass is 635 g/mol. The quantitative estimate of drug-likeness (QED) is 0.273. The van der Waals surface area contributed by atoms with E-state index in [1.165, 1.54) is 11.8 Å². The van der Waals surface area contributed by atoms with Crippen molar-refractivity contribution in [1.29, 1.82) is 0 Å². The second-order valence-corrected chi connectivity index (χ2v) is 14.3. The topological polar surface area (TPSA) is 108 Å². The first kappa shape index (κ1) is 32.3. The number of carbonyl (C=O) groups excluding carboxylic acids is 4. The van der Waals surface area contributed by atoms with Crippen molar-refractivity contribution in [3.63, 3.8) is 0 Å². The van der Waals surface area contributed by atoms with Gasteiger partial charge in [-0.1, -0.05) is 41.2 Å². The molecule has 0 aromatic heterocycles. The Morgan fingerprint density at radius 1 is 0.786 bits per heavy atom. The third-order valence-corrected chi connectivity index (χ3v) is 12.6. The first-order valence-corrected chi connectivity index (χ1v) is 16.5. The molecule has 0 bridgehead atoms. The van der Waals surface area contributed by atoms with Gasteiger partial charge >= 0.3 is 23.9 Å². The lowest BCUT2D eigenvalue weighted by Gasteiger charge is -2.57. The highest BCUT2D eigenvalue weighted by Crippen LogP contribution is 2.72. The van der Waals surface area contributed by atoms with E-state index in [4.69, 9.17) is 18.9 Å². The molecule has 2 unspecified atom stereocenters. The van der Waals surface area contributed by atoms with Gasteiger partial charge in [-0.15, -0.1) is 11.8 Å². The minimum absolute atomic E-state index is 0.0434. The van der Waals surface area contributed by atoms with Crippen LogP contribution in [0.2, 0.25) is 0 Å². The van der Waals surface area contributed by atoms with Crippen molar-refractivity contribution in [3.05, 3.63) is 49.6 Å². The van der Waals surface area contributed by atoms with Crippen molar-refractivity contribution >= 4 is 64.9 Å². The molecule has 42 heavy (non-hydrogen) atoms. The zero-order valence-corrected chi connectivity index (χ0v) is 27.6. The zero-order chi connectivity index (χ0) is 31.0. The molecular weight excluding hydrogens is 599 g/mol. The summed E-state index contributed by atoms with van der Waals surface area (Å²) in [4.78, 5) is 56.8. The normalized spacial score (nSPS) is 22.0. The van der Waals surface area contributed by atoms with Crippen LogP contribution < -0.4 is 4.90 Å². The number of hydrogen-bond donors (Lipinski definition) is 0. The number of nitrogens with zero attached hydrogens (tertiary/aromatic N) is 1. The van der Waals surface area contributed by atoms with Crippen LogP contribution in [0.1, 0.15) is 58.6 Å². The Kier molecular flexibility index (Phi) is 9.69. The third-order valence-electron chi connectivity index (χ3n) is 7.55. The maximum absolute atomic E-state index is 14.0. The van der Waals surface area contributed by atoms with E-state index in [0.29, 0.717) is 0 Å². The first-order chi connectivity index (χ1) is 19.9. The van der Waals surface area contributed by atoms with E-state index in [2.05, 4.69) is 24.8 Å². The molecule has 228 valence electrons. The van der Waals surface area contributed by atoms with Crippen LogP contribution in [0.3, 0.4) is 0 Å². The van der Waals surface area contributed by atoms with E-state index in [-0.39, 0.29) is 52.0 Å². The molecule has 9 nitrogen and oxygen atoms in total. The third kappa shape index (κ3) is 5.34. The smallest absolute Gasteiger partial charge is 0.346 e. The molecule has 0 saturated carbocycles. The molecule has 0 amide bonds. The molecule has 2 atom stereocenters. The van der Waals surface area contributed by atoms with Crippen LogP contribution >= 0.6 is 35.3 Å². The van der Waals surface area contributed by atoms with E-state index >= 15 is 0 Å². The zero-order valence-electron chi connectivity index (χ0n) is 25.2. The fraction of sp³-hybridized carbons (Fsp3) is 0.533. The molecule has 0 radical (unpaired) electrons. The Hall–Kier alpha value is -2.57. The van der Waals surface area contributed by atoms with Crippen LogP contribution in [-0.2, 0) is 38.1 Å². The molecule has 3 aliphatic rings. The van der Waals surface area contributed by atoms with Crippen molar-refractivity contribution in [1.82, 2.24) is 0 Å². The molecule has 0 saturated heterocycles. The van der Waals surface area contributed by atoms with Crippen molar-refractivity contribution in [2.24, 2.45) is 0 Å². The predicted octanol–water partition coefficient (Wildman–Crippen LogP) is 5.32. The molecule has 0 fully saturated rings. The Labute approximate surface area is 259 Å². The molecular formula is C30H37NO8S3. The standard InChI is InChI=1S/C30H37NO8S3/c1-9-36-25(32)20-21(26(33)37-10-2)40-24-19(17-15-16(5)13-14-18(17)31(8)29(24,6)7)30(20)41-22(27(34)38-11-3)23(42-30)28(35)39-12-4/h13-15,19,24H,9-12H2,1-8H3. The summed E-state index contributed by atoms with van der Waals surface area (Å²) in [5, 5.41) is -0.306. The van der Waals surface area contributed by atoms with Crippen LogP contribution in [0.15, 0.2) is 38.5 Å². The van der Waals surface area contributed by atoms with Gasteiger partial charge in [-0.2, -0.15) is 0 Å². The number of thioether (sulfide) groups is 3. The van der Waals surface area contributed by atoms with Gasteiger partial charge in [0, 0.05) is 29.4 Å². The number of carbonyl (C=O) groups is 4. The van der Waals surface area contributed by atoms with Gasteiger partial charge in [-0.05, 0) is 60.1 Å². The van der Waals surface area contributed by atoms with Crippen LogP contribution in [0.4, 0.5) is 5.69 Å². The van der Waals surface area contributed by atoms with Gasteiger partial charge in [0.2, 0.25) is 0 Å². The molecule has 0 N–H and O–H groups in total. The highest BCUT2D eigenvalue weighted by molar-refractivity contribution is 8.26. The summed E-state index contributed by atoms with van der Waals surface area (Å²) >= 11 is 3.44. The fourth-order valence-electron chi connectivity index (χ4n) is 5.51. The lowest BCUT2D eigenvalue weighted by atomic mass is 9.74. The van der Waals surface area contributed by atoms with Crippen LogP contribution in [0.25, 0.3) is 0 Å². The van der Waals surface area contributed by atoms with E-state index in [1.807, 2.05) is 26.1 Å². The van der Waals surface area contributed by atoms with Crippen LogP contribution in [0, 0.1) is 6.92 Å². The second-order valence-electron chi connectivity index (χ2n) is 10.4. The molecule has 3 heterocycles. The first-order valence-electron chi connectivity index (χ1n) is 14.0. The maximum atomic E-state index is 14.0. The average molecular weight is 636 g/mol. The molecule has 12 heteroatoms. The number of benzene rings is 1. The van der Waals surface area contributed by atoms with Crippen LogP contribution in [-0.4, -0.2) is 72.2 Å². The second kappa shape index (κ2) is 12.6. The lowest BCUT2D eigenvalue weighted by molar-refractivity contribution is -0.141. The Bertz CT molecular complexity index is 1340. The van der Waals surface area contributed by atoms with E-state index < -0.39 is 39.4 Å². The van der Waals surface area contributed by atoms with Gasteiger partial charge in [0.1, 0.15) is 18.8 Å². The Morgan fingerprint density at radius 3 is 1.76 bits per heavy atom. The minimum Gasteiger partial charge on any atom is -0.463 e. The van der Waals surface area contributed by atoms with Crippen LogP contribution in [0.5, 0.6) is 0 Å². The van der Waals surface area contributed by atoms with Gasteiger partial charge in [0.15, 0.2) is 0 Å². The van der Waals surface area contributed by atoms with Crippen molar-refractivity contribution in [3.8, 4) is 0 Å². The SMILES string of the molecule is CCOC(=O)C1=C(C(=O)OCC)SC2(S1)C(C(=O)OCC)=C(C(=O)OCC)SC1C2c2cc(C)ccc2N(C)C1(C)C. The summed E-state index contributed by atoms with van der Waals surface area (Å²) in [7, 11) is 2.01. The summed E-state index contributed by atoms with van der Waals surface area (Å²) in [6.07, 6.45) is 0. The molecule has 3 aliphatic heterocycles. The van der Waals surface area contributed by atoms with Crippen molar-refractivity contribution < 1.29 is 38.1 Å².